The van der Waals surface area contributed by atoms with Crippen LogP contribution >= 0.6 is 37.7 Å². The van der Waals surface area contributed by atoms with E-state index < -0.39 is 11.9 Å². The van der Waals surface area contributed by atoms with E-state index in [1.54, 1.807) is 0 Å². The van der Waals surface area contributed by atoms with Gasteiger partial charge in [-0.15, -0.1) is 0 Å². The van der Waals surface area contributed by atoms with Crippen LogP contribution in [-0.4, -0.2) is 21.1 Å². The summed E-state index contributed by atoms with van der Waals surface area (Å²) in [6.07, 6.45) is 1.82. The molecule has 2 aromatic carbocycles. The number of hydrogen-bond acceptors (Lipinski definition) is 3. The normalized spacial score (nSPS) is 12.0. The van der Waals surface area contributed by atoms with Gasteiger partial charge in [-0.2, -0.15) is 0 Å². The van der Waals surface area contributed by atoms with Crippen molar-refractivity contribution in [3.63, 3.8) is 0 Å². The Morgan fingerprint density at radius 1 is 0.926 bits per heavy atom. The number of hydrogen-bond donors (Lipinski definition) is 1. The van der Waals surface area contributed by atoms with Crippen molar-refractivity contribution < 1.29 is 11.9 Å². The predicted octanol–water partition coefficient (Wildman–Crippen LogP) is 5.97. The SMILES string of the molecule is NCCn1c(-c2cccc3cccnc23)nc2ccccc21.[Cl][Pt]([Cl])([Cl])[Cl]. The molecule has 0 spiro atoms. The van der Waals surface area contributed by atoms with Crippen molar-refractivity contribution in [3.8, 4) is 11.4 Å². The van der Waals surface area contributed by atoms with Crippen molar-refractivity contribution in [2.24, 2.45) is 5.73 Å². The van der Waals surface area contributed by atoms with Crippen LogP contribution in [0.15, 0.2) is 60.8 Å². The molecule has 2 heterocycles. The van der Waals surface area contributed by atoms with Gasteiger partial charge in [0.1, 0.15) is 5.82 Å². The van der Waals surface area contributed by atoms with E-state index in [1.807, 2.05) is 36.5 Å². The number of fused-ring (bicyclic) bond motifs is 2. The van der Waals surface area contributed by atoms with Gasteiger partial charge in [-0.3, -0.25) is 4.98 Å². The van der Waals surface area contributed by atoms with E-state index in [9.17, 15) is 0 Å². The summed E-state index contributed by atoms with van der Waals surface area (Å²) in [5.74, 6) is 0.927. The number of nitrogens with two attached hydrogens (primary N) is 1. The van der Waals surface area contributed by atoms with Gasteiger partial charge in [-0.05, 0) is 24.3 Å². The van der Waals surface area contributed by atoms with E-state index in [4.69, 9.17) is 48.4 Å². The molecule has 4 nitrogen and oxygen atoms in total. The first-order valence-corrected chi connectivity index (χ1v) is 19.1. The number of imidazole rings is 1. The van der Waals surface area contributed by atoms with Gasteiger partial charge in [0.05, 0.1) is 16.6 Å². The Morgan fingerprint density at radius 3 is 2.37 bits per heavy atom. The summed E-state index contributed by atoms with van der Waals surface area (Å²) in [6.45, 7) is 1.31. The average molecular weight is 625 g/mol. The Hall–Kier alpha value is -0.872. The monoisotopic (exact) mass is 623 g/mol. The van der Waals surface area contributed by atoms with Crippen LogP contribution in [0.5, 0.6) is 0 Å². The van der Waals surface area contributed by atoms with Crippen molar-refractivity contribution >= 4 is 59.6 Å². The second-order valence-corrected chi connectivity index (χ2v) is 25.2. The summed E-state index contributed by atoms with van der Waals surface area (Å²) >= 11 is -3.06. The third-order valence-electron chi connectivity index (χ3n) is 3.88. The van der Waals surface area contributed by atoms with E-state index in [-0.39, 0.29) is 0 Å². The predicted molar refractivity (Wildman–Crippen MR) is 113 cm³/mol. The minimum absolute atomic E-state index is 0.575. The summed E-state index contributed by atoms with van der Waals surface area (Å²) in [7, 11) is 20.0. The van der Waals surface area contributed by atoms with Crippen LogP contribution < -0.4 is 5.73 Å². The number of nitrogens with zero attached hydrogens (tertiary/aromatic N) is 3. The number of pyridine rings is 1. The molecule has 4 aromatic rings. The van der Waals surface area contributed by atoms with E-state index in [2.05, 4.69) is 33.8 Å². The Morgan fingerprint density at radius 2 is 1.63 bits per heavy atom. The van der Waals surface area contributed by atoms with E-state index in [1.165, 1.54) is 0 Å². The molecule has 0 unspecified atom stereocenters. The Labute approximate surface area is 176 Å². The summed E-state index contributed by atoms with van der Waals surface area (Å²) in [6, 6.07) is 18.4. The van der Waals surface area contributed by atoms with E-state index in [0.717, 1.165) is 39.9 Å². The number of aromatic nitrogens is 3. The van der Waals surface area contributed by atoms with Gasteiger partial charge in [-0.25, -0.2) is 4.98 Å². The van der Waals surface area contributed by atoms with Crippen molar-refractivity contribution in [1.82, 2.24) is 14.5 Å². The van der Waals surface area contributed by atoms with E-state index in [0.29, 0.717) is 6.54 Å². The standard InChI is InChI=1S/C18H16N4.4ClH.Pt/c19-10-12-22-16-9-2-1-8-15(16)21-18(22)14-7-3-5-13-6-4-11-20-17(13)14;;;;;/h1-9,11H,10,12,19H2;4*1H;/q;;;;;+4/p-4. The first kappa shape index (κ1) is 20.9. The summed E-state index contributed by atoms with van der Waals surface area (Å²) in [4.78, 5) is 9.36. The third-order valence-corrected chi connectivity index (χ3v) is 3.88. The maximum atomic E-state index is 5.81. The van der Waals surface area contributed by atoms with Gasteiger partial charge in [0.25, 0.3) is 0 Å². The summed E-state index contributed by atoms with van der Waals surface area (Å²) in [5, 5.41) is 1.12. The molecule has 0 aliphatic heterocycles. The Bertz CT molecular complexity index is 1050. The van der Waals surface area contributed by atoms with Crippen LogP contribution in [0, 0.1) is 0 Å². The molecule has 0 aliphatic carbocycles. The molecule has 0 fully saturated rings. The maximum absolute atomic E-state index is 5.81. The second kappa shape index (κ2) is 9.08. The van der Waals surface area contributed by atoms with Crippen LogP contribution in [0.4, 0.5) is 0 Å². The summed E-state index contributed by atoms with van der Waals surface area (Å²) in [5.41, 5.74) is 9.91. The molecule has 0 atom stereocenters. The van der Waals surface area contributed by atoms with Crippen molar-refractivity contribution in [1.29, 1.82) is 0 Å². The van der Waals surface area contributed by atoms with Crippen molar-refractivity contribution in [3.05, 3.63) is 60.8 Å². The summed E-state index contributed by atoms with van der Waals surface area (Å²) < 4.78 is 2.18. The molecule has 9 heteroatoms. The molecule has 146 valence electrons. The molecule has 0 radical (unpaired) electrons. The van der Waals surface area contributed by atoms with Gasteiger partial charge >= 0.3 is 49.6 Å². The van der Waals surface area contributed by atoms with Crippen molar-refractivity contribution in [2.75, 3.05) is 6.54 Å². The first-order valence-electron chi connectivity index (χ1n) is 7.86. The zero-order chi connectivity index (χ0) is 19.4. The Kier molecular flexibility index (Phi) is 7.02. The van der Waals surface area contributed by atoms with Gasteiger partial charge in [-0.1, -0.05) is 30.3 Å². The van der Waals surface area contributed by atoms with Gasteiger partial charge < -0.3 is 10.3 Å². The molecule has 0 amide bonds. The molecular weight excluding hydrogens is 609 g/mol. The van der Waals surface area contributed by atoms with E-state index >= 15 is 0 Å². The topological polar surface area (TPSA) is 56.7 Å². The van der Waals surface area contributed by atoms with Crippen LogP contribution in [0.25, 0.3) is 33.3 Å². The van der Waals surface area contributed by atoms with Gasteiger partial charge in [0.2, 0.25) is 0 Å². The molecule has 0 aliphatic rings. The van der Waals surface area contributed by atoms with Crippen LogP contribution in [-0.2, 0) is 18.4 Å². The molecule has 27 heavy (non-hydrogen) atoms. The molecule has 4 rings (SSSR count). The minimum atomic E-state index is -3.06. The number of rotatable bonds is 3. The zero-order valence-electron chi connectivity index (χ0n) is 13.9. The second-order valence-electron chi connectivity index (χ2n) is 5.52. The van der Waals surface area contributed by atoms with Gasteiger partial charge in [0.15, 0.2) is 0 Å². The number of benzene rings is 2. The fourth-order valence-electron chi connectivity index (χ4n) is 2.92. The fourth-order valence-corrected chi connectivity index (χ4v) is 2.92. The quantitative estimate of drug-likeness (QED) is 0.306. The average Bonchev–Trinajstić information content (AvgIpc) is 2.99. The van der Waals surface area contributed by atoms with Crippen LogP contribution in [0.3, 0.4) is 0 Å². The first-order chi connectivity index (χ1) is 12.9. The molecular formula is C18H16Cl4N4Pt. The number of para-hydroxylation sites is 3. The molecule has 2 N–H and O–H groups in total. The van der Waals surface area contributed by atoms with Crippen LogP contribution in [0.2, 0.25) is 0 Å². The molecule has 0 saturated carbocycles. The van der Waals surface area contributed by atoms with Gasteiger partial charge in [0, 0.05) is 30.2 Å². The number of halogens is 4. The van der Waals surface area contributed by atoms with Crippen LogP contribution in [0.1, 0.15) is 0 Å². The zero-order valence-corrected chi connectivity index (χ0v) is 19.2. The molecule has 0 saturated heterocycles. The third kappa shape index (κ3) is 5.35. The molecule has 2 aromatic heterocycles. The molecule has 0 bridgehead atoms. The Balaban J connectivity index is 0.000000376. The fraction of sp³-hybridized carbons (Fsp3) is 0.111. The van der Waals surface area contributed by atoms with Crippen molar-refractivity contribution in [2.45, 2.75) is 6.54 Å².